The maximum atomic E-state index is 12.8. The van der Waals surface area contributed by atoms with Gasteiger partial charge >= 0.3 is 0 Å². The molecule has 1 unspecified atom stereocenters. The molecule has 0 N–H and O–H groups in total. The number of hydrogen-bond donors (Lipinski definition) is 0. The third-order valence-corrected chi connectivity index (χ3v) is 5.00. The van der Waals surface area contributed by atoms with Crippen LogP contribution in [0.25, 0.3) is 11.0 Å². The Kier molecular flexibility index (Phi) is 4.52. The molecule has 1 aliphatic heterocycles. The van der Waals surface area contributed by atoms with Crippen LogP contribution >= 0.6 is 0 Å². The van der Waals surface area contributed by atoms with Crippen LogP contribution in [-0.2, 0) is 0 Å². The molecule has 0 aliphatic carbocycles. The molecule has 2 aromatic carbocycles. The Labute approximate surface area is 153 Å². The minimum absolute atomic E-state index is 0.0377. The van der Waals surface area contributed by atoms with Crippen LogP contribution in [0.2, 0.25) is 0 Å². The lowest BCUT2D eigenvalue weighted by atomic mass is 10.1. The van der Waals surface area contributed by atoms with Crippen molar-refractivity contribution in [3.8, 4) is 0 Å². The van der Waals surface area contributed by atoms with Crippen molar-refractivity contribution in [2.24, 2.45) is 5.92 Å². The van der Waals surface area contributed by atoms with Gasteiger partial charge in [-0.05, 0) is 42.7 Å². The van der Waals surface area contributed by atoms with E-state index >= 15 is 0 Å². The summed E-state index contributed by atoms with van der Waals surface area (Å²) >= 11 is 0. The van der Waals surface area contributed by atoms with E-state index in [1.54, 1.807) is 12.4 Å². The van der Waals surface area contributed by atoms with Crippen molar-refractivity contribution in [2.45, 2.75) is 6.42 Å². The SMILES string of the molecule is CN(CC1CCN(c2ccccc2)C1)C(=O)c1ccc2nccnc2c1. The standard InChI is InChI=1S/C21H22N4O/c1-24(14-16-9-12-25(15-16)18-5-3-2-4-6-18)21(26)17-7-8-19-20(13-17)23-11-10-22-19/h2-8,10-11,13,16H,9,12,14-15H2,1H3. The van der Waals surface area contributed by atoms with Gasteiger partial charge in [0.05, 0.1) is 11.0 Å². The van der Waals surface area contributed by atoms with Gasteiger partial charge in [0.1, 0.15) is 0 Å². The molecule has 0 spiro atoms. The fraction of sp³-hybridized carbons (Fsp3) is 0.286. The van der Waals surface area contributed by atoms with E-state index in [1.165, 1.54) is 5.69 Å². The van der Waals surface area contributed by atoms with E-state index in [1.807, 2.05) is 36.2 Å². The summed E-state index contributed by atoms with van der Waals surface area (Å²) in [6.07, 6.45) is 4.42. The topological polar surface area (TPSA) is 49.3 Å². The first kappa shape index (κ1) is 16.5. The van der Waals surface area contributed by atoms with E-state index in [-0.39, 0.29) is 5.91 Å². The Morgan fingerprint density at radius 1 is 1.12 bits per heavy atom. The molecule has 5 nitrogen and oxygen atoms in total. The van der Waals surface area contributed by atoms with Crippen LogP contribution < -0.4 is 4.90 Å². The van der Waals surface area contributed by atoms with Crippen molar-refractivity contribution in [1.29, 1.82) is 0 Å². The normalized spacial score (nSPS) is 16.8. The van der Waals surface area contributed by atoms with Crippen LogP contribution in [0.1, 0.15) is 16.8 Å². The highest BCUT2D eigenvalue weighted by molar-refractivity contribution is 5.97. The first-order chi connectivity index (χ1) is 12.7. The van der Waals surface area contributed by atoms with E-state index in [0.29, 0.717) is 11.5 Å². The molecule has 1 fully saturated rings. The Hall–Kier alpha value is -2.95. The van der Waals surface area contributed by atoms with Crippen molar-refractivity contribution in [3.63, 3.8) is 0 Å². The van der Waals surface area contributed by atoms with Crippen LogP contribution in [0.15, 0.2) is 60.9 Å². The molecule has 1 saturated heterocycles. The third kappa shape index (κ3) is 3.38. The number of carbonyl (C=O) groups excluding carboxylic acids is 1. The number of rotatable bonds is 4. The number of nitrogens with zero attached hydrogens (tertiary/aromatic N) is 4. The quantitative estimate of drug-likeness (QED) is 0.728. The molecular formula is C21H22N4O. The molecule has 1 amide bonds. The van der Waals surface area contributed by atoms with E-state index in [2.05, 4.69) is 39.1 Å². The van der Waals surface area contributed by atoms with Gasteiger partial charge in [0.2, 0.25) is 0 Å². The zero-order valence-corrected chi connectivity index (χ0v) is 14.9. The molecule has 26 heavy (non-hydrogen) atoms. The lowest BCUT2D eigenvalue weighted by molar-refractivity contribution is 0.0776. The number of amides is 1. The van der Waals surface area contributed by atoms with Crippen LogP contribution in [0, 0.1) is 5.92 Å². The van der Waals surface area contributed by atoms with Crippen LogP contribution in [0.5, 0.6) is 0 Å². The third-order valence-electron chi connectivity index (χ3n) is 5.00. The zero-order valence-electron chi connectivity index (χ0n) is 14.9. The number of fused-ring (bicyclic) bond motifs is 1. The number of hydrogen-bond acceptors (Lipinski definition) is 4. The molecule has 0 bridgehead atoms. The van der Waals surface area contributed by atoms with Gasteiger partial charge in [0.15, 0.2) is 0 Å². The van der Waals surface area contributed by atoms with Gasteiger partial charge in [-0.2, -0.15) is 0 Å². The predicted molar refractivity (Wildman–Crippen MR) is 103 cm³/mol. The first-order valence-electron chi connectivity index (χ1n) is 8.97. The van der Waals surface area contributed by atoms with Gasteiger partial charge in [-0.1, -0.05) is 18.2 Å². The molecule has 2 heterocycles. The lowest BCUT2D eigenvalue weighted by Crippen LogP contribution is -2.33. The number of aromatic nitrogens is 2. The Morgan fingerprint density at radius 3 is 2.69 bits per heavy atom. The van der Waals surface area contributed by atoms with Gasteiger partial charge in [-0.15, -0.1) is 0 Å². The summed E-state index contributed by atoms with van der Waals surface area (Å²) in [7, 11) is 1.88. The fourth-order valence-corrected chi connectivity index (χ4v) is 3.64. The first-order valence-corrected chi connectivity index (χ1v) is 8.97. The molecule has 0 radical (unpaired) electrons. The van der Waals surface area contributed by atoms with Crippen molar-refractivity contribution < 1.29 is 4.79 Å². The molecule has 1 atom stereocenters. The molecule has 1 aliphatic rings. The zero-order chi connectivity index (χ0) is 17.9. The number of benzene rings is 2. The summed E-state index contributed by atoms with van der Waals surface area (Å²) in [5.41, 5.74) is 3.49. The summed E-state index contributed by atoms with van der Waals surface area (Å²) in [4.78, 5) is 25.6. The number of carbonyl (C=O) groups is 1. The second-order valence-electron chi connectivity index (χ2n) is 6.88. The van der Waals surface area contributed by atoms with Gasteiger partial charge in [0, 0.05) is 50.3 Å². The van der Waals surface area contributed by atoms with Crippen LogP contribution in [-0.4, -0.2) is 47.5 Å². The summed E-state index contributed by atoms with van der Waals surface area (Å²) in [6, 6.07) is 16.0. The van der Waals surface area contributed by atoms with Gasteiger partial charge in [-0.3, -0.25) is 14.8 Å². The molecular weight excluding hydrogens is 324 g/mol. The molecule has 1 aromatic heterocycles. The highest BCUT2D eigenvalue weighted by Gasteiger charge is 2.25. The second kappa shape index (κ2) is 7.12. The summed E-state index contributed by atoms with van der Waals surface area (Å²) < 4.78 is 0. The Balaban J connectivity index is 1.41. The van der Waals surface area contributed by atoms with Gasteiger partial charge < -0.3 is 9.80 Å². The average Bonchev–Trinajstić information content (AvgIpc) is 3.16. The average molecular weight is 346 g/mol. The maximum Gasteiger partial charge on any atom is 0.253 e. The van der Waals surface area contributed by atoms with E-state index < -0.39 is 0 Å². The summed E-state index contributed by atoms with van der Waals surface area (Å²) in [5.74, 6) is 0.528. The highest BCUT2D eigenvalue weighted by atomic mass is 16.2. The van der Waals surface area contributed by atoms with Gasteiger partial charge in [-0.25, -0.2) is 0 Å². The minimum atomic E-state index is 0.0377. The van der Waals surface area contributed by atoms with E-state index in [0.717, 1.165) is 37.1 Å². The van der Waals surface area contributed by atoms with Crippen LogP contribution in [0.4, 0.5) is 5.69 Å². The Morgan fingerprint density at radius 2 is 1.88 bits per heavy atom. The largest absolute Gasteiger partial charge is 0.371 e. The van der Waals surface area contributed by atoms with E-state index in [4.69, 9.17) is 0 Å². The smallest absolute Gasteiger partial charge is 0.253 e. The number of para-hydroxylation sites is 1. The maximum absolute atomic E-state index is 12.8. The molecule has 4 rings (SSSR count). The van der Waals surface area contributed by atoms with E-state index in [9.17, 15) is 4.79 Å². The van der Waals surface area contributed by atoms with Crippen molar-refractivity contribution in [2.75, 3.05) is 31.6 Å². The van der Waals surface area contributed by atoms with Crippen molar-refractivity contribution in [3.05, 3.63) is 66.5 Å². The molecule has 132 valence electrons. The van der Waals surface area contributed by atoms with Crippen molar-refractivity contribution in [1.82, 2.24) is 14.9 Å². The van der Waals surface area contributed by atoms with Crippen molar-refractivity contribution >= 4 is 22.6 Å². The highest BCUT2D eigenvalue weighted by Crippen LogP contribution is 2.24. The number of anilines is 1. The second-order valence-corrected chi connectivity index (χ2v) is 6.88. The molecule has 3 aromatic rings. The lowest BCUT2D eigenvalue weighted by Gasteiger charge is -2.23. The fourth-order valence-electron chi connectivity index (χ4n) is 3.64. The summed E-state index contributed by atoms with van der Waals surface area (Å²) in [6.45, 7) is 2.80. The minimum Gasteiger partial charge on any atom is -0.371 e. The monoisotopic (exact) mass is 346 g/mol. The Bertz CT molecular complexity index is 912. The molecule has 0 saturated carbocycles. The van der Waals surface area contributed by atoms with Gasteiger partial charge in [0.25, 0.3) is 5.91 Å². The molecule has 5 heteroatoms. The van der Waals surface area contributed by atoms with Crippen LogP contribution in [0.3, 0.4) is 0 Å². The summed E-state index contributed by atoms with van der Waals surface area (Å²) in [5, 5.41) is 0. The predicted octanol–water partition coefficient (Wildman–Crippen LogP) is 3.23.